The molecule has 1 unspecified atom stereocenters. The van der Waals surface area contributed by atoms with Crippen LogP contribution in [0.2, 0.25) is 0 Å². The third-order valence-electron chi connectivity index (χ3n) is 2.59. The van der Waals surface area contributed by atoms with Gasteiger partial charge in [0.2, 0.25) is 0 Å². The van der Waals surface area contributed by atoms with Crippen LogP contribution in [0.3, 0.4) is 0 Å². The summed E-state index contributed by atoms with van der Waals surface area (Å²) in [6.45, 7) is 1.44. The summed E-state index contributed by atoms with van der Waals surface area (Å²) in [5.74, 6) is 0. The van der Waals surface area contributed by atoms with E-state index in [0.29, 0.717) is 6.61 Å². The van der Waals surface area contributed by atoms with Crippen molar-refractivity contribution in [3.63, 3.8) is 0 Å². The molecule has 1 atom stereocenters. The van der Waals surface area contributed by atoms with Crippen LogP contribution in [-0.4, -0.2) is 12.9 Å². The van der Waals surface area contributed by atoms with Crippen molar-refractivity contribution in [2.75, 3.05) is 6.61 Å². The van der Waals surface area contributed by atoms with Crippen molar-refractivity contribution in [3.05, 3.63) is 31.8 Å². The summed E-state index contributed by atoms with van der Waals surface area (Å²) >= 11 is 5.89. The second-order valence-corrected chi connectivity index (χ2v) is 5.78. The van der Waals surface area contributed by atoms with Gasteiger partial charge in [-0.15, -0.1) is 0 Å². The number of rotatable bonds is 3. The average molecular weight is 397 g/mol. The molecular weight excluding hydrogens is 383 g/mol. The van der Waals surface area contributed by atoms with Crippen molar-refractivity contribution in [2.45, 2.75) is 32.2 Å². The normalized spacial score (nSPS) is 21.0. The van der Waals surface area contributed by atoms with E-state index in [0.717, 1.165) is 23.9 Å². The van der Waals surface area contributed by atoms with Gasteiger partial charge in [-0.2, -0.15) is 0 Å². The molecule has 2 nitrogen and oxygen atoms in total. The van der Waals surface area contributed by atoms with E-state index < -0.39 is 0 Å². The summed E-state index contributed by atoms with van der Waals surface area (Å²) in [5, 5.41) is 0. The van der Waals surface area contributed by atoms with Gasteiger partial charge in [0.25, 0.3) is 0 Å². The zero-order valence-corrected chi connectivity index (χ0v) is 12.7. The standard InChI is InChI=1S/C12H14BrIO2/c13-12-9(4-3-5-10(12)14)8-16-11-6-1-2-7-15-11/h3-5,11H,1-2,6-8H2. The van der Waals surface area contributed by atoms with E-state index >= 15 is 0 Å². The van der Waals surface area contributed by atoms with Crippen molar-refractivity contribution < 1.29 is 9.47 Å². The number of halogens is 2. The summed E-state index contributed by atoms with van der Waals surface area (Å²) in [4.78, 5) is 0. The van der Waals surface area contributed by atoms with E-state index in [1.807, 2.05) is 6.07 Å². The smallest absolute Gasteiger partial charge is 0.158 e. The van der Waals surface area contributed by atoms with E-state index in [1.54, 1.807) is 0 Å². The minimum atomic E-state index is -0.0153. The van der Waals surface area contributed by atoms with Gasteiger partial charge < -0.3 is 9.47 Å². The Kier molecular flexibility index (Phi) is 5.06. The van der Waals surface area contributed by atoms with Crippen molar-refractivity contribution in [1.29, 1.82) is 0 Å². The Balaban J connectivity index is 1.91. The zero-order valence-electron chi connectivity index (χ0n) is 8.92. The van der Waals surface area contributed by atoms with E-state index in [1.165, 1.54) is 15.6 Å². The van der Waals surface area contributed by atoms with Crippen molar-refractivity contribution >= 4 is 38.5 Å². The molecule has 0 saturated carbocycles. The molecule has 2 rings (SSSR count). The Labute approximate surface area is 118 Å². The fraction of sp³-hybridized carbons (Fsp3) is 0.500. The van der Waals surface area contributed by atoms with Gasteiger partial charge in [-0.05, 0) is 69.4 Å². The van der Waals surface area contributed by atoms with Gasteiger partial charge in [0.1, 0.15) is 0 Å². The number of benzene rings is 1. The van der Waals surface area contributed by atoms with Gasteiger partial charge in [-0.3, -0.25) is 0 Å². The molecule has 1 aromatic carbocycles. The molecule has 0 radical (unpaired) electrons. The summed E-state index contributed by atoms with van der Waals surface area (Å²) in [5.41, 5.74) is 1.18. The summed E-state index contributed by atoms with van der Waals surface area (Å²) in [6.07, 6.45) is 3.37. The van der Waals surface area contributed by atoms with Crippen molar-refractivity contribution in [2.24, 2.45) is 0 Å². The predicted molar refractivity (Wildman–Crippen MR) is 75.2 cm³/mol. The highest BCUT2D eigenvalue weighted by Gasteiger charge is 2.14. The maximum atomic E-state index is 5.75. The van der Waals surface area contributed by atoms with Crippen LogP contribution >= 0.6 is 38.5 Å². The molecule has 4 heteroatoms. The maximum absolute atomic E-state index is 5.75. The third kappa shape index (κ3) is 3.42. The first-order valence-corrected chi connectivity index (χ1v) is 7.30. The fourth-order valence-corrected chi connectivity index (χ4v) is 2.62. The molecule has 0 spiro atoms. The van der Waals surface area contributed by atoms with E-state index in [-0.39, 0.29) is 6.29 Å². The monoisotopic (exact) mass is 396 g/mol. The van der Waals surface area contributed by atoms with Gasteiger partial charge in [0, 0.05) is 14.6 Å². The summed E-state index contributed by atoms with van der Waals surface area (Å²) < 4.78 is 13.6. The Morgan fingerprint density at radius 3 is 3.06 bits per heavy atom. The van der Waals surface area contributed by atoms with Gasteiger partial charge in [-0.1, -0.05) is 12.1 Å². The minimum absolute atomic E-state index is 0.0153. The molecule has 1 saturated heterocycles. The molecule has 16 heavy (non-hydrogen) atoms. The second-order valence-electron chi connectivity index (χ2n) is 3.82. The van der Waals surface area contributed by atoms with Crippen LogP contribution in [-0.2, 0) is 16.1 Å². The van der Waals surface area contributed by atoms with Gasteiger partial charge >= 0.3 is 0 Å². The molecule has 1 aromatic rings. The Morgan fingerprint density at radius 1 is 1.44 bits per heavy atom. The molecule has 1 fully saturated rings. The molecule has 88 valence electrons. The molecule has 1 aliphatic rings. The Bertz CT molecular complexity index is 351. The number of hydrogen-bond acceptors (Lipinski definition) is 2. The largest absolute Gasteiger partial charge is 0.353 e. The molecule has 1 aliphatic heterocycles. The Hall–Kier alpha value is 0.350. The zero-order chi connectivity index (χ0) is 11.4. The van der Waals surface area contributed by atoms with E-state index in [9.17, 15) is 0 Å². The first-order chi connectivity index (χ1) is 7.77. The third-order valence-corrected chi connectivity index (χ3v) is 5.17. The quantitative estimate of drug-likeness (QED) is 0.716. The van der Waals surface area contributed by atoms with Crippen LogP contribution < -0.4 is 0 Å². The lowest BCUT2D eigenvalue weighted by Gasteiger charge is -2.23. The van der Waals surface area contributed by atoms with Crippen LogP contribution in [0.5, 0.6) is 0 Å². The van der Waals surface area contributed by atoms with Crippen LogP contribution in [0, 0.1) is 3.57 Å². The highest BCUT2D eigenvalue weighted by molar-refractivity contribution is 14.1. The van der Waals surface area contributed by atoms with Crippen LogP contribution in [0.4, 0.5) is 0 Å². The number of ether oxygens (including phenoxy) is 2. The van der Waals surface area contributed by atoms with Gasteiger partial charge in [0.15, 0.2) is 6.29 Å². The highest BCUT2D eigenvalue weighted by Crippen LogP contribution is 2.25. The topological polar surface area (TPSA) is 18.5 Å². The molecular formula is C12H14BrIO2. The van der Waals surface area contributed by atoms with Crippen LogP contribution in [0.1, 0.15) is 24.8 Å². The lowest BCUT2D eigenvalue weighted by Crippen LogP contribution is -2.22. The molecule has 0 bridgehead atoms. The molecule has 0 amide bonds. The molecule has 0 N–H and O–H groups in total. The predicted octanol–water partition coefficient (Wildman–Crippen LogP) is 4.10. The Morgan fingerprint density at radius 2 is 2.31 bits per heavy atom. The average Bonchev–Trinajstić information content (AvgIpc) is 2.32. The highest BCUT2D eigenvalue weighted by atomic mass is 127. The van der Waals surface area contributed by atoms with E-state index in [2.05, 4.69) is 50.7 Å². The first-order valence-electron chi connectivity index (χ1n) is 5.43. The second kappa shape index (κ2) is 6.33. The summed E-state index contributed by atoms with van der Waals surface area (Å²) in [6, 6.07) is 6.20. The minimum Gasteiger partial charge on any atom is -0.353 e. The van der Waals surface area contributed by atoms with Crippen LogP contribution in [0.15, 0.2) is 22.7 Å². The van der Waals surface area contributed by atoms with Gasteiger partial charge in [0.05, 0.1) is 6.61 Å². The molecule has 0 aromatic heterocycles. The van der Waals surface area contributed by atoms with Crippen molar-refractivity contribution in [1.82, 2.24) is 0 Å². The maximum Gasteiger partial charge on any atom is 0.158 e. The fourth-order valence-electron chi connectivity index (χ4n) is 1.69. The lowest BCUT2D eigenvalue weighted by atomic mass is 10.2. The molecule has 1 heterocycles. The van der Waals surface area contributed by atoms with Crippen LogP contribution in [0.25, 0.3) is 0 Å². The van der Waals surface area contributed by atoms with Crippen molar-refractivity contribution in [3.8, 4) is 0 Å². The lowest BCUT2D eigenvalue weighted by molar-refractivity contribution is -0.169. The first kappa shape index (κ1) is 12.8. The summed E-state index contributed by atoms with van der Waals surface area (Å²) in [7, 11) is 0. The SMILES string of the molecule is Brc1c(I)cccc1COC1CCCCO1. The van der Waals surface area contributed by atoms with Gasteiger partial charge in [-0.25, -0.2) is 0 Å². The number of hydrogen-bond donors (Lipinski definition) is 0. The van der Waals surface area contributed by atoms with E-state index in [4.69, 9.17) is 9.47 Å². The molecule has 0 aliphatic carbocycles.